The van der Waals surface area contributed by atoms with Gasteiger partial charge in [0.2, 0.25) is 17.5 Å². The third-order valence-electron chi connectivity index (χ3n) is 4.64. The van der Waals surface area contributed by atoms with E-state index in [1.54, 1.807) is 6.07 Å². The van der Waals surface area contributed by atoms with E-state index in [0.29, 0.717) is 10.4 Å². The minimum absolute atomic E-state index is 0.151. The van der Waals surface area contributed by atoms with Gasteiger partial charge in [0.05, 0.1) is 16.7 Å². The summed E-state index contributed by atoms with van der Waals surface area (Å²) in [6.45, 7) is 0. The lowest BCUT2D eigenvalue weighted by atomic mass is 10.1. The van der Waals surface area contributed by atoms with Crippen molar-refractivity contribution in [1.29, 1.82) is 0 Å². The van der Waals surface area contributed by atoms with Gasteiger partial charge in [-0.15, -0.1) is 11.3 Å². The van der Waals surface area contributed by atoms with E-state index >= 15 is 0 Å². The molecule has 0 amide bonds. The molecular weight excluding hydrogens is 422 g/mol. The van der Waals surface area contributed by atoms with E-state index in [0.717, 1.165) is 16.5 Å². The summed E-state index contributed by atoms with van der Waals surface area (Å²) in [6, 6.07) is 11.2. The second-order valence-electron chi connectivity index (χ2n) is 6.42. The Bertz CT molecular complexity index is 1340. The Morgan fingerprint density at radius 1 is 0.867 bits per heavy atom. The number of hydrogen-bond donors (Lipinski definition) is 0. The minimum Gasteiger partial charge on any atom is -0.436 e. The van der Waals surface area contributed by atoms with Crippen LogP contribution in [0.15, 0.2) is 46.4 Å². The number of allylic oxidation sites excluding steroid dienone is 1. The van der Waals surface area contributed by atoms with Crippen LogP contribution in [-0.2, 0) is 0 Å². The van der Waals surface area contributed by atoms with Crippen LogP contribution in [0.5, 0.6) is 0 Å². The molecule has 4 nitrogen and oxygen atoms in total. The Hall–Kier alpha value is -3.59. The molecule has 2 heterocycles. The number of aromatic nitrogens is 1. The minimum atomic E-state index is -2.15. The molecule has 9 heteroatoms. The molecule has 0 unspecified atom stereocenters. The molecule has 2 aromatic carbocycles. The van der Waals surface area contributed by atoms with Crippen molar-refractivity contribution >= 4 is 39.4 Å². The molecule has 1 aliphatic carbocycles. The first-order chi connectivity index (χ1) is 14.4. The summed E-state index contributed by atoms with van der Waals surface area (Å²) in [5.41, 5.74) is -1.63. The molecule has 0 bridgehead atoms. The van der Waals surface area contributed by atoms with Crippen LogP contribution in [0.3, 0.4) is 0 Å². The van der Waals surface area contributed by atoms with Crippen molar-refractivity contribution in [2.75, 3.05) is 0 Å². The summed E-state index contributed by atoms with van der Waals surface area (Å²) in [4.78, 5) is 30.3. The van der Waals surface area contributed by atoms with E-state index in [2.05, 4.69) is 4.98 Å². The number of thiophene rings is 1. The third-order valence-corrected chi connectivity index (χ3v) is 5.70. The molecule has 0 N–H and O–H groups in total. The first-order valence-electron chi connectivity index (χ1n) is 8.49. The number of fused-ring (bicyclic) bond motifs is 2. The molecule has 0 atom stereocenters. The summed E-state index contributed by atoms with van der Waals surface area (Å²) in [5.74, 6) is -10.8. The molecule has 30 heavy (non-hydrogen) atoms. The van der Waals surface area contributed by atoms with Gasteiger partial charge < -0.3 is 4.42 Å². The largest absolute Gasteiger partial charge is 0.436 e. The van der Waals surface area contributed by atoms with Crippen LogP contribution in [0.1, 0.15) is 26.6 Å². The van der Waals surface area contributed by atoms with Crippen LogP contribution in [-0.4, -0.2) is 16.6 Å². The number of halogens is 4. The maximum Gasteiger partial charge on any atom is 0.221 e. The van der Waals surface area contributed by atoms with Crippen LogP contribution in [0.4, 0.5) is 17.6 Å². The molecule has 1 aliphatic rings. The van der Waals surface area contributed by atoms with Gasteiger partial charge in [0.1, 0.15) is 0 Å². The maximum atomic E-state index is 14.0. The molecular formula is C21H7F4NO3S. The lowest BCUT2D eigenvalue weighted by Gasteiger charge is -2.02. The van der Waals surface area contributed by atoms with Crippen molar-refractivity contribution in [3.05, 3.63) is 82.3 Å². The Morgan fingerprint density at radius 2 is 1.47 bits per heavy atom. The molecule has 0 spiro atoms. The molecule has 0 saturated carbocycles. The molecule has 0 saturated heterocycles. The lowest BCUT2D eigenvalue weighted by molar-refractivity contribution is 0.0988. The zero-order chi connectivity index (χ0) is 21.2. The zero-order valence-electron chi connectivity index (χ0n) is 14.6. The monoisotopic (exact) mass is 429 g/mol. The van der Waals surface area contributed by atoms with E-state index in [1.165, 1.54) is 11.3 Å². The van der Waals surface area contributed by atoms with Gasteiger partial charge in [-0.05, 0) is 5.56 Å². The highest BCUT2D eigenvalue weighted by Crippen LogP contribution is 2.36. The number of oxazole rings is 1. The number of nitrogens with zero attached hydrogens (tertiary/aromatic N) is 1. The summed E-state index contributed by atoms with van der Waals surface area (Å²) < 4.78 is 60.4. The van der Waals surface area contributed by atoms with E-state index in [4.69, 9.17) is 4.42 Å². The normalized spacial score (nSPS) is 13.4. The predicted molar refractivity (Wildman–Crippen MR) is 100 cm³/mol. The first-order valence-corrected chi connectivity index (χ1v) is 9.31. The molecule has 2 aromatic heterocycles. The Labute approximate surface area is 169 Å². The maximum absolute atomic E-state index is 14.0. The van der Waals surface area contributed by atoms with Crippen LogP contribution in [0.25, 0.3) is 26.9 Å². The van der Waals surface area contributed by atoms with Gasteiger partial charge in [0.15, 0.2) is 33.7 Å². The average Bonchev–Trinajstić information content (AvgIpc) is 3.38. The van der Waals surface area contributed by atoms with Gasteiger partial charge in [0.25, 0.3) is 0 Å². The van der Waals surface area contributed by atoms with Crippen LogP contribution >= 0.6 is 11.3 Å². The van der Waals surface area contributed by atoms with Crippen LogP contribution in [0.2, 0.25) is 0 Å². The van der Waals surface area contributed by atoms with Crippen molar-refractivity contribution < 1.29 is 31.6 Å². The van der Waals surface area contributed by atoms with Gasteiger partial charge in [-0.2, -0.15) is 4.98 Å². The molecule has 0 radical (unpaired) electrons. The summed E-state index contributed by atoms with van der Waals surface area (Å²) in [7, 11) is 0. The van der Waals surface area contributed by atoms with E-state index < -0.39 is 51.5 Å². The molecule has 5 rings (SSSR count). The number of benzene rings is 2. The molecule has 4 aromatic rings. The summed E-state index contributed by atoms with van der Waals surface area (Å²) in [6.07, 6.45) is 0.911. The number of rotatable bonds is 2. The zero-order valence-corrected chi connectivity index (χ0v) is 15.5. The average molecular weight is 429 g/mol. The second kappa shape index (κ2) is 6.46. The fourth-order valence-corrected chi connectivity index (χ4v) is 4.21. The Balaban J connectivity index is 1.57. The summed E-state index contributed by atoms with van der Waals surface area (Å²) >= 11 is 1.30. The van der Waals surface area contributed by atoms with Crippen LogP contribution in [0, 0.1) is 23.3 Å². The molecule has 148 valence electrons. The number of hydrogen-bond acceptors (Lipinski definition) is 5. The topological polar surface area (TPSA) is 60.2 Å². The van der Waals surface area contributed by atoms with Gasteiger partial charge >= 0.3 is 0 Å². The fourth-order valence-electron chi connectivity index (χ4n) is 3.24. The van der Waals surface area contributed by atoms with Gasteiger partial charge in [-0.1, -0.05) is 30.3 Å². The highest BCUT2D eigenvalue weighted by atomic mass is 32.1. The lowest BCUT2D eigenvalue weighted by Crippen LogP contribution is -2.07. The first kappa shape index (κ1) is 18.4. The van der Waals surface area contributed by atoms with Crippen LogP contribution < -0.4 is 0 Å². The van der Waals surface area contributed by atoms with Crippen molar-refractivity contribution in [1.82, 2.24) is 4.98 Å². The smallest absolute Gasteiger partial charge is 0.221 e. The van der Waals surface area contributed by atoms with Crippen molar-refractivity contribution in [3.63, 3.8) is 0 Å². The second-order valence-corrected chi connectivity index (χ2v) is 7.45. The number of carbonyl (C=O) groups excluding carboxylic acids is 2. The van der Waals surface area contributed by atoms with E-state index in [1.807, 2.05) is 30.3 Å². The third kappa shape index (κ3) is 2.55. The van der Waals surface area contributed by atoms with Gasteiger partial charge in [0, 0.05) is 17.0 Å². The highest BCUT2D eigenvalue weighted by Gasteiger charge is 2.42. The SMILES string of the molecule is O=C1C(=Cc2nc3sc(-c4ccccc4)cc3o2)C(=O)c2c(F)c(F)c(F)c(F)c21. The van der Waals surface area contributed by atoms with Gasteiger partial charge in [-0.3, -0.25) is 9.59 Å². The number of ketones is 2. The predicted octanol–water partition coefficient (Wildman–Crippen LogP) is 5.58. The highest BCUT2D eigenvalue weighted by molar-refractivity contribution is 7.21. The number of carbonyl (C=O) groups is 2. The molecule has 0 fully saturated rings. The van der Waals surface area contributed by atoms with Crippen molar-refractivity contribution in [3.8, 4) is 10.4 Å². The summed E-state index contributed by atoms with van der Waals surface area (Å²) in [5, 5.41) is 0. The van der Waals surface area contributed by atoms with Crippen molar-refractivity contribution in [2.45, 2.75) is 0 Å². The van der Waals surface area contributed by atoms with Gasteiger partial charge in [-0.25, -0.2) is 17.6 Å². The molecule has 0 aliphatic heterocycles. The Kier molecular flexibility index (Phi) is 3.97. The standard InChI is InChI=1S/C21H7F4NO3S/c22-15-13-14(16(23)18(25)17(15)24)20(28)9(19(13)27)6-12-26-21-10(29-12)7-11(30-21)8-4-2-1-3-5-8/h1-7H. The quantitative estimate of drug-likeness (QED) is 0.137. The van der Waals surface area contributed by atoms with Crippen molar-refractivity contribution in [2.24, 2.45) is 0 Å². The van der Waals surface area contributed by atoms with E-state index in [-0.39, 0.29) is 5.89 Å². The Morgan fingerprint density at radius 3 is 2.03 bits per heavy atom. The fraction of sp³-hybridized carbons (Fsp3) is 0. The van der Waals surface area contributed by atoms with E-state index in [9.17, 15) is 27.2 Å². The number of Topliss-reactive ketones (excluding diaryl/α,β-unsaturated/α-hetero) is 2.